The maximum atomic E-state index is 11.0. The third-order valence-corrected chi connectivity index (χ3v) is 4.18. The van der Waals surface area contributed by atoms with Crippen molar-refractivity contribution in [3.05, 3.63) is 64.2 Å². The molecule has 0 fully saturated rings. The Morgan fingerprint density at radius 3 is 2.71 bits per heavy atom. The summed E-state index contributed by atoms with van der Waals surface area (Å²) in [7, 11) is 0. The van der Waals surface area contributed by atoms with E-state index in [2.05, 4.69) is 30.4 Å². The van der Waals surface area contributed by atoms with Gasteiger partial charge in [-0.25, -0.2) is 4.79 Å². The number of hydrogen-bond acceptors (Lipinski definition) is 2. The minimum Gasteiger partial charge on any atom is -0.478 e. The van der Waals surface area contributed by atoms with Crippen molar-refractivity contribution < 1.29 is 9.90 Å². The summed E-state index contributed by atoms with van der Waals surface area (Å²) >= 11 is 0. The molecule has 2 aromatic carbocycles. The van der Waals surface area contributed by atoms with Gasteiger partial charge >= 0.3 is 5.97 Å². The SMILES string of the molecule is Cc1ccc2c(c1)C(Nc1ccc(C(=O)O)cc1C)CC2. The Morgan fingerprint density at radius 1 is 1.19 bits per heavy atom. The molecule has 3 heteroatoms. The van der Waals surface area contributed by atoms with Crippen LogP contribution >= 0.6 is 0 Å². The fourth-order valence-electron chi connectivity index (χ4n) is 3.02. The molecular formula is C18H19NO2. The molecule has 1 aliphatic carbocycles. The van der Waals surface area contributed by atoms with Crippen molar-refractivity contribution in [3.8, 4) is 0 Å². The normalized spacial score (nSPS) is 16.6. The van der Waals surface area contributed by atoms with E-state index in [9.17, 15) is 4.79 Å². The molecule has 2 N–H and O–H groups in total. The highest BCUT2D eigenvalue weighted by Gasteiger charge is 2.22. The van der Waals surface area contributed by atoms with Crippen LogP contribution in [0.2, 0.25) is 0 Å². The highest BCUT2D eigenvalue weighted by molar-refractivity contribution is 5.88. The molecule has 1 aliphatic rings. The third-order valence-electron chi connectivity index (χ3n) is 4.18. The van der Waals surface area contributed by atoms with Crippen molar-refractivity contribution in [2.75, 3.05) is 5.32 Å². The second-order valence-corrected chi connectivity index (χ2v) is 5.77. The number of carboxylic acids is 1. The first kappa shape index (κ1) is 13.7. The van der Waals surface area contributed by atoms with E-state index in [1.165, 1.54) is 16.7 Å². The number of aromatic carboxylic acids is 1. The van der Waals surface area contributed by atoms with Gasteiger partial charge in [0.25, 0.3) is 0 Å². The predicted molar refractivity (Wildman–Crippen MR) is 84.0 cm³/mol. The number of carboxylic acid groups (broad SMARTS) is 1. The fraction of sp³-hybridized carbons (Fsp3) is 0.278. The molecule has 108 valence electrons. The zero-order valence-corrected chi connectivity index (χ0v) is 12.3. The second kappa shape index (κ2) is 5.24. The molecule has 3 nitrogen and oxygen atoms in total. The van der Waals surface area contributed by atoms with E-state index in [4.69, 9.17) is 5.11 Å². The summed E-state index contributed by atoms with van der Waals surface area (Å²) in [5.74, 6) is -0.883. The first-order valence-electron chi connectivity index (χ1n) is 7.24. The van der Waals surface area contributed by atoms with Crippen molar-refractivity contribution in [2.24, 2.45) is 0 Å². The molecule has 0 heterocycles. The lowest BCUT2D eigenvalue weighted by Gasteiger charge is -2.18. The van der Waals surface area contributed by atoms with Crippen molar-refractivity contribution >= 4 is 11.7 Å². The zero-order chi connectivity index (χ0) is 15.0. The molecule has 2 aromatic rings. The molecular weight excluding hydrogens is 262 g/mol. The molecule has 1 unspecified atom stereocenters. The summed E-state index contributed by atoms with van der Waals surface area (Å²) in [6.07, 6.45) is 2.18. The first-order chi connectivity index (χ1) is 10.0. The standard InChI is InChI=1S/C18H19NO2/c1-11-3-4-13-5-8-17(15(13)9-11)19-16-7-6-14(18(20)21)10-12(16)2/h3-4,6-7,9-10,17,19H,5,8H2,1-2H3,(H,20,21). The van der Waals surface area contributed by atoms with Gasteiger partial charge in [0.1, 0.15) is 0 Å². The molecule has 0 bridgehead atoms. The summed E-state index contributed by atoms with van der Waals surface area (Å²) in [6.45, 7) is 4.06. The maximum absolute atomic E-state index is 11.0. The highest BCUT2D eigenvalue weighted by Crippen LogP contribution is 2.35. The highest BCUT2D eigenvalue weighted by atomic mass is 16.4. The van der Waals surface area contributed by atoms with Crippen molar-refractivity contribution in [3.63, 3.8) is 0 Å². The average molecular weight is 281 g/mol. The molecule has 0 amide bonds. The van der Waals surface area contributed by atoms with Gasteiger partial charge in [0.05, 0.1) is 11.6 Å². The molecule has 0 aromatic heterocycles. The minimum absolute atomic E-state index is 0.314. The van der Waals surface area contributed by atoms with Gasteiger partial charge in [0.15, 0.2) is 0 Å². The molecule has 1 atom stereocenters. The molecule has 0 saturated heterocycles. The van der Waals surface area contributed by atoms with Crippen LogP contribution in [0.4, 0.5) is 5.69 Å². The number of fused-ring (bicyclic) bond motifs is 1. The first-order valence-corrected chi connectivity index (χ1v) is 7.24. The van der Waals surface area contributed by atoms with Crippen LogP contribution in [0.25, 0.3) is 0 Å². The van der Waals surface area contributed by atoms with Crippen LogP contribution in [-0.2, 0) is 6.42 Å². The van der Waals surface area contributed by atoms with Crippen LogP contribution in [0.1, 0.15) is 45.1 Å². The molecule has 0 saturated carbocycles. The second-order valence-electron chi connectivity index (χ2n) is 5.77. The number of benzene rings is 2. The van der Waals surface area contributed by atoms with Crippen LogP contribution in [0, 0.1) is 13.8 Å². The Kier molecular flexibility index (Phi) is 3.42. The van der Waals surface area contributed by atoms with Crippen LogP contribution in [-0.4, -0.2) is 11.1 Å². The number of carbonyl (C=O) groups is 1. The monoisotopic (exact) mass is 281 g/mol. The van der Waals surface area contributed by atoms with Gasteiger partial charge in [0.2, 0.25) is 0 Å². The van der Waals surface area contributed by atoms with Crippen LogP contribution in [0.5, 0.6) is 0 Å². The van der Waals surface area contributed by atoms with Crippen LogP contribution < -0.4 is 5.32 Å². The number of hydrogen-bond donors (Lipinski definition) is 2. The maximum Gasteiger partial charge on any atom is 0.335 e. The van der Waals surface area contributed by atoms with E-state index < -0.39 is 5.97 Å². The summed E-state index contributed by atoms with van der Waals surface area (Å²) in [4.78, 5) is 11.0. The molecule has 0 aliphatic heterocycles. The smallest absolute Gasteiger partial charge is 0.335 e. The lowest BCUT2D eigenvalue weighted by Crippen LogP contribution is -2.09. The lowest BCUT2D eigenvalue weighted by atomic mass is 10.0. The van der Waals surface area contributed by atoms with Crippen molar-refractivity contribution in [1.82, 2.24) is 0 Å². The van der Waals surface area contributed by atoms with E-state index in [-0.39, 0.29) is 0 Å². The minimum atomic E-state index is -0.883. The molecule has 21 heavy (non-hydrogen) atoms. The predicted octanol–water partition coefficient (Wildman–Crippen LogP) is 4.10. The van der Waals surface area contributed by atoms with E-state index in [0.29, 0.717) is 11.6 Å². The van der Waals surface area contributed by atoms with E-state index in [1.807, 2.05) is 13.0 Å². The van der Waals surface area contributed by atoms with Gasteiger partial charge in [-0.05, 0) is 61.6 Å². The van der Waals surface area contributed by atoms with Gasteiger partial charge in [-0.3, -0.25) is 0 Å². The van der Waals surface area contributed by atoms with Crippen LogP contribution in [0.3, 0.4) is 0 Å². The Labute approximate surface area is 124 Å². The van der Waals surface area contributed by atoms with Gasteiger partial charge in [-0.2, -0.15) is 0 Å². The molecule has 3 rings (SSSR count). The Morgan fingerprint density at radius 2 is 2.00 bits per heavy atom. The summed E-state index contributed by atoms with van der Waals surface area (Å²) in [5.41, 5.74) is 6.38. The third kappa shape index (κ3) is 2.64. The zero-order valence-electron chi connectivity index (χ0n) is 12.3. The van der Waals surface area contributed by atoms with E-state index in [0.717, 1.165) is 24.1 Å². The van der Waals surface area contributed by atoms with Crippen molar-refractivity contribution in [1.29, 1.82) is 0 Å². The van der Waals surface area contributed by atoms with Gasteiger partial charge in [-0.15, -0.1) is 0 Å². The number of nitrogens with one attached hydrogen (secondary N) is 1. The van der Waals surface area contributed by atoms with Crippen LogP contribution in [0.15, 0.2) is 36.4 Å². The number of anilines is 1. The Balaban J connectivity index is 1.86. The molecule has 0 radical (unpaired) electrons. The number of rotatable bonds is 3. The summed E-state index contributed by atoms with van der Waals surface area (Å²) < 4.78 is 0. The topological polar surface area (TPSA) is 49.3 Å². The molecule has 0 spiro atoms. The average Bonchev–Trinajstić information content (AvgIpc) is 2.83. The lowest BCUT2D eigenvalue weighted by molar-refractivity contribution is 0.0697. The van der Waals surface area contributed by atoms with Crippen molar-refractivity contribution in [2.45, 2.75) is 32.7 Å². The van der Waals surface area contributed by atoms with E-state index in [1.54, 1.807) is 12.1 Å². The largest absolute Gasteiger partial charge is 0.478 e. The van der Waals surface area contributed by atoms with E-state index >= 15 is 0 Å². The number of aryl methyl sites for hydroxylation is 3. The quantitative estimate of drug-likeness (QED) is 0.890. The van der Waals surface area contributed by atoms with Gasteiger partial charge < -0.3 is 10.4 Å². The Hall–Kier alpha value is -2.29. The van der Waals surface area contributed by atoms with Gasteiger partial charge in [0, 0.05) is 5.69 Å². The fourth-order valence-corrected chi connectivity index (χ4v) is 3.02. The Bertz CT molecular complexity index is 706. The van der Waals surface area contributed by atoms with Gasteiger partial charge in [-0.1, -0.05) is 23.8 Å². The summed E-state index contributed by atoms with van der Waals surface area (Å²) in [6, 6.07) is 12.2. The summed E-state index contributed by atoms with van der Waals surface area (Å²) in [5, 5.41) is 12.6.